The number of rotatable bonds is 6. The second kappa shape index (κ2) is 8.31. The van der Waals surface area contributed by atoms with Gasteiger partial charge in [0.05, 0.1) is 29.0 Å². The number of hydrogen-bond acceptors (Lipinski definition) is 7. The van der Waals surface area contributed by atoms with Crippen LogP contribution in [0.4, 0.5) is 0 Å². The summed E-state index contributed by atoms with van der Waals surface area (Å²) in [6.45, 7) is 5.98. The zero-order valence-corrected chi connectivity index (χ0v) is 18.0. The Kier molecular flexibility index (Phi) is 5.59. The summed E-state index contributed by atoms with van der Waals surface area (Å²) in [6.07, 6.45) is 0. The molecule has 0 fully saturated rings. The van der Waals surface area contributed by atoms with Crippen LogP contribution in [-0.4, -0.2) is 26.8 Å². The van der Waals surface area contributed by atoms with Crippen molar-refractivity contribution in [2.75, 3.05) is 7.11 Å². The summed E-state index contributed by atoms with van der Waals surface area (Å²) in [4.78, 5) is 22.6. The third-order valence-electron chi connectivity index (χ3n) is 4.66. The molecule has 4 aromatic rings. The van der Waals surface area contributed by atoms with Gasteiger partial charge in [-0.05, 0) is 31.2 Å². The largest absolute Gasteiger partial charge is 0.497 e. The van der Waals surface area contributed by atoms with Crippen molar-refractivity contribution in [2.45, 2.75) is 37.1 Å². The summed E-state index contributed by atoms with van der Waals surface area (Å²) < 4.78 is 12.4. The monoisotopic (exact) mass is 422 g/mol. The van der Waals surface area contributed by atoms with Crippen LogP contribution in [0.1, 0.15) is 43.7 Å². The van der Waals surface area contributed by atoms with Gasteiger partial charge in [-0.25, -0.2) is 4.98 Å². The second-order valence-corrected chi connectivity index (χ2v) is 8.47. The van der Waals surface area contributed by atoms with Gasteiger partial charge in [-0.1, -0.05) is 49.0 Å². The Bertz CT molecular complexity index is 1250. The van der Waals surface area contributed by atoms with Gasteiger partial charge in [-0.15, -0.1) is 0 Å². The van der Waals surface area contributed by atoms with E-state index in [1.165, 1.54) is 11.8 Å². The van der Waals surface area contributed by atoms with Crippen molar-refractivity contribution in [1.29, 1.82) is 0 Å². The lowest BCUT2D eigenvalue weighted by atomic mass is 10.2. The molecule has 0 aliphatic rings. The van der Waals surface area contributed by atoms with Crippen LogP contribution in [0.5, 0.6) is 5.75 Å². The molecule has 0 spiro atoms. The lowest BCUT2D eigenvalue weighted by Crippen LogP contribution is -2.22. The first-order valence-corrected chi connectivity index (χ1v) is 10.5. The van der Waals surface area contributed by atoms with Crippen molar-refractivity contribution < 1.29 is 9.26 Å². The first-order valence-electron chi connectivity index (χ1n) is 9.64. The molecule has 0 saturated carbocycles. The fourth-order valence-electron chi connectivity index (χ4n) is 3.02. The summed E-state index contributed by atoms with van der Waals surface area (Å²) >= 11 is 1.40. The molecule has 2 aromatic heterocycles. The van der Waals surface area contributed by atoms with Crippen molar-refractivity contribution in [3.05, 3.63) is 70.6 Å². The molecule has 0 aliphatic heterocycles. The molecular weight excluding hydrogens is 400 g/mol. The van der Waals surface area contributed by atoms with Crippen molar-refractivity contribution in [1.82, 2.24) is 19.7 Å². The SMILES string of the molecule is COc1cccc(-n2c(SC(C)c3nc(C(C)C)no3)nc3ccccc3c2=O)c1. The number of fused-ring (bicyclic) bond motifs is 1. The molecule has 0 amide bonds. The van der Waals surface area contributed by atoms with Gasteiger partial charge in [0.25, 0.3) is 5.56 Å². The molecule has 30 heavy (non-hydrogen) atoms. The molecular formula is C22H22N4O3S. The maximum atomic E-state index is 13.4. The number of benzene rings is 2. The van der Waals surface area contributed by atoms with E-state index in [-0.39, 0.29) is 16.7 Å². The number of para-hydroxylation sites is 1. The van der Waals surface area contributed by atoms with E-state index in [0.29, 0.717) is 39.2 Å². The Hall–Kier alpha value is -3.13. The zero-order valence-electron chi connectivity index (χ0n) is 17.2. The Morgan fingerprint density at radius 1 is 1.07 bits per heavy atom. The minimum Gasteiger partial charge on any atom is -0.497 e. The van der Waals surface area contributed by atoms with Crippen molar-refractivity contribution in [3.63, 3.8) is 0 Å². The molecule has 8 heteroatoms. The van der Waals surface area contributed by atoms with Crippen LogP contribution in [0.25, 0.3) is 16.6 Å². The molecule has 1 atom stereocenters. The predicted molar refractivity (Wildman–Crippen MR) is 117 cm³/mol. The van der Waals surface area contributed by atoms with Crippen molar-refractivity contribution in [2.24, 2.45) is 0 Å². The van der Waals surface area contributed by atoms with E-state index in [9.17, 15) is 4.79 Å². The third-order valence-corrected chi connectivity index (χ3v) is 5.70. The van der Waals surface area contributed by atoms with E-state index >= 15 is 0 Å². The molecule has 2 aromatic carbocycles. The normalized spacial score (nSPS) is 12.4. The smallest absolute Gasteiger partial charge is 0.266 e. The van der Waals surface area contributed by atoms with Gasteiger partial charge >= 0.3 is 0 Å². The van der Waals surface area contributed by atoms with Gasteiger partial charge < -0.3 is 9.26 Å². The standard InChI is InChI=1S/C22H22N4O3S/c1-13(2)19-24-20(29-25-19)14(3)30-22-23-18-11-6-5-10-17(18)21(27)26(22)15-8-7-9-16(12-15)28-4/h5-14H,1-4H3. The minimum atomic E-state index is -0.185. The molecule has 154 valence electrons. The lowest BCUT2D eigenvalue weighted by molar-refractivity contribution is 0.373. The van der Waals surface area contributed by atoms with Crippen LogP contribution in [0.15, 0.2) is 63.0 Å². The molecule has 0 bridgehead atoms. The van der Waals surface area contributed by atoms with E-state index in [1.54, 1.807) is 17.7 Å². The zero-order chi connectivity index (χ0) is 21.3. The first-order chi connectivity index (χ1) is 14.5. The summed E-state index contributed by atoms with van der Waals surface area (Å²) in [5, 5.41) is 4.96. The summed E-state index contributed by atoms with van der Waals surface area (Å²) in [5.74, 6) is 2.00. The number of aromatic nitrogens is 4. The summed E-state index contributed by atoms with van der Waals surface area (Å²) in [7, 11) is 1.60. The molecule has 0 aliphatic carbocycles. The highest BCUT2D eigenvalue weighted by Crippen LogP contribution is 2.34. The van der Waals surface area contributed by atoms with E-state index in [4.69, 9.17) is 14.2 Å². The van der Waals surface area contributed by atoms with Gasteiger partial charge in [0.1, 0.15) is 5.75 Å². The molecule has 0 saturated heterocycles. The number of ether oxygens (including phenoxy) is 1. The average molecular weight is 423 g/mol. The number of hydrogen-bond donors (Lipinski definition) is 0. The Labute approximate surface area is 178 Å². The molecule has 1 unspecified atom stereocenters. The Morgan fingerprint density at radius 3 is 2.60 bits per heavy atom. The van der Waals surface area contributed by atoms with Crippen molar-refractivity contribution in [3.8, 4) is 11.4 Å². The predicted octanol–water partition coefficient (Wildman–Crippen LogP) is 4.75. The number of nitrogens with zero attached hydrogens (tertiary/aromatic N) is 4. The van der Waals surface area contributed by atoms with E-state index in [1.807, 2.05) is 63.2 Å². The topological polar surface area (TPSA) is 83.0 Å². The Balaban J connectivity index is 1.83. The fourth-order valence-corrected chi connectivity index (χ4v) is 3.98. The fraction of sp³-hybridized carbons (Fsp3) is 0.273. The van der Waals surface area contributed by atoms with Crippen LogP contribution in [-0.2, 0) is 0 Å². The maximum Gasteiger partial charge on any atom is 0.266 e. The van der Waals surface area contributed by atoms with Crippen LogP contribution >= 0.6 is 11.8 Å². The summed E-state index contributed by atoms with van der Waals surface area (Å²) in [6, 6.07) is 14.7. The summed E-state index contributed by atoms with van der Waals surface area (Å²) in [5.41, 5.74) is 1.18. The first kappa shape index (κ1) is 20.2. The highest BCUT2D eigenvalue weighted by Gasteiger charge is 2.21. The van der Waals surface area contributed by atoms with E-state index in [0.717, 1.165) is 0 Å². The van der Waals surface area contributed by atoms with Gasteiger partial charge in [0.2, 0.25) is 5.89 Å². The van der Waals surface area contributed by atoms with E-state index in [2.05, 4.69) is 10.1 Å². The van der Waals surface area contributed by atoms with Crippen LogP contribution in [0.2, 0.25) is 0 Å². The van der Waals surface area contributed by atoms with Gasteiger partial charge in [-0.2, -0.15) is 4.98 Å². The van der Waals surface area contributed by atoms with Crippen LogP contribution in [0, 0.1) is 0 Å². The lowest BCUT2D eigenvalue weighted by Gasteiger charge is -2.15. The quantitative estimate of drug-likeness (QED) is 0.327. The molecule has 0 N–H and O–H groups in total. The Morgan fingerprint density at radius 2 is 1.87 bits per heavy atom. The molecule has 4 rings (SSSR count). The van der Waals surface area contributed by atoms with E-state index < -0.39 is 0 Å². The highest BCUT2D eigenvalue weighted by molar-refractivity contribution is 7.99. The van der Waals surface area contributed by atoms with Gasteiger partial charge in [-0.3, -0.25) is 9.36 Å². The molecule has 7 nitrogen and oxygen atoms in total. The van der Waals surface area contributed by atoms with Gasteiger partial charge in [0.15, 0.2) is 11.0 Å². The molecule has 2 heterocycles. The van der Waals surface area contributed by atoms with Gasteiger partial charge in [0, 0.05) is 12.0 Å². The number of methoxy groups -OCH3 is 1. The van der Waals surface area contributed by atoms with Crippen LogP contribution in [0.3, 0.4) is 0 Å². The average Bonchev–Trinajstić information content (AvgIpc) is 3.25. The van der Waals surface area contributed by atoms with Crippen molar-refractivity contribution >= 4 is 22.7 Å². The highest BCUT2D eigenvalue weighted by atomic mass is 32.2. The third kappa shape index (κ3) is 3.82. The van der Waals surface area contributed by atoms with Crippen LogP contribution < -0.4 is 10.3 Å². The maximum absolute atomic E-state index is 13.4. The molecule has 0 radical (unpaired) electrons. The number of thioether (sulfide) groups is 1. The minimum absolute atomic E-state index is 0.142. The second-order valence-electron chi connectivity index (χ2n) is 7.16.